The van der Waals surface area contributed by atoms with E-state index >= 15 is 0 Å². The molecule has 1 aliphatic rings. The van der Waals surface area contributed by atoms with Crippen LogP contribution in [0.4, 0.5) is 0 Å². The zero-order valence-electron chi connectivity index (χ0n) is 18.0. The predicted octanol–water partition coefficient (Wildman–Crippen LogP) is 6.24. The summed E-state index contributed by atoms with van der Waals surface area (Å²) in [6.45, 7) is 8.33. The molecule has 0 saturated heterocycles. The lowest BCUT2D eigenvalue weighted by atomic mass is 9.83. The van der Waals surface area contributed by atoms with E-state index in [-0.39, 0.29) is 23.8 Å². The minimum absolute atomic E-state index is 0.00220. The highest BCUT2D eigenvalue weighted by atomic mass is 16.5. The summed E-state index contributed by atoms with van der Waals surface area (Å²) in [6.07, 6.45) is 8.80. The molecule has 28 heavy (non-hydrogen) atoms. The summed E-state index contributed by atoms with van der Waals surface area (Å²) in [7, 11) is 0. The van der Waals surface area contributed by atoms with Gasteiger partial charge in [-0.3, -0.25) is 9.59 Å². The molecule has 2 rings (SSSR count). The van der Waals surface area contributed by atoms with Crippen molar-refractivity contribution in [3.8, 4) is 11.5 Å². The van der Waals surface area contributed by atoms with E-state index in [9.17, 15) is 9.59 Å². The minimum atomic E-state index is -0.153. The quantitative estimate of drug-likeness (QED) is 0.371. The molecule has 1 unspecified atom stereocenters. The molecule has 1 saturated carbocycles. The van der Waals surface area contributed by atoms with Gasteiger partial charge < -0.3 is 9.47 Å². The smallest absolute Gasteiger partial charge is 0.314 e. The van der Waals surface area contributed by atoms with E-state index in [2.05, 4.69) is 20.8 Å². The maximum absolute atomic E-state index is 12.5. The van der Waals surface area contributed by atoms with E-state index in [1.54, 1.807) is 18.2 Å². The van der Waals surface area contributed by atoms with E-state index in [0.717, 1.165) is 63.4 Å². The third-order valence-electron chi connectivity index (χ3n) is 5.80. The molecule has 1 atom stereocenters. The van der Waals surface area contributed by atoms with Crippen molar-refractivity contribution < 1.29 is 19.1 Å². The molecule has 0 aliphatic heterocycles. The molecule has 0 aromatic heterocycles. The first kappa shape index (κ1) is 22.4. The molecule has 156 valence electrons. The molecule has 4 nitrogen and oxygen atoms in total. The molecule has 4 heteroatoms. The van der Waals surface area contributed by atoms with Crippen molar-refractivity contribution in [3.63, 3.8) is 0 Å². The molecular formula is C24H36O4. The van der Waals surface area contributed by atoms with Crippen LogP contribution in [0.1, 0.15) is 84.1 Å². The topological polar surface area (TPSA) is 52.6 Å². The van der Waals surface area contributed by atoms with Crippen LogP contribution in [0.25, 0.3) is 0 Å². The van der Waals surface area contributed by atoms with Gasteiger partial charge in [-0.15, -0.1) is 0 Å². The molecule has 1 aromatic rings. The number of rotatable bonds is 9. The molecule has 0 radical (unpaired) electrons. The normalized spacial score (nSPS) is 20.4. The largest absolute Gasteiger partial charge is 0.426 e. The number of aryl methyl sites for hydroxylation is 1. The molecule has 0 bridgehead atoms. The van der Waals surface area contributed by atoms with Gasteiger partial charge in [0, 0.05) is 0 Å². The summed E-state index contributed by atoms with van der Waals surface area (Å²) in [4.78, 5) is 25.0. The summed E-state index contributed by atoms with van der Waals surface area (Å²) in [5.41, 5.74) is 0.807. The molecule has 1 fully saturated rings. The van der Waals surface area contributed by atoms with Crippen molar-refractivity contribution in [1.29, 1.82) is 0 Å². The number of carbonyl (C=O) groups is 2. The van der Waals surface area contributed by atoms with Crippen LogP contribution in [0.15, 0.2) is 18.2 Å². The van der Waals surface area contributed by atoms with Gasteiger partial charge in [-0.2, -0.15) is 0 Å². The molecule has 0 N–H and O–H groups in total. The van der Waals surface area contributed by atoms with E-state index in [1.807, 2.05) is 6.92 Å². The van der Waals surface area contributed by atoms with Crippen LogP contribution >= 0.6 is 0 Å². The Morgan fingerprint density at radius 1 is 1.04 bits per heavy atom. The summed E-state index contributed by atoms with van der Waals surface area (Å²) < 4.78 is 11.3. The van der Waals surface area contributed by atoms with Crippen LogP contribution in [0, 0.1) is 24.7 Å². The van der Waals surface area contributed by atoms with Gasteiger partial charge in [0.15, 0.2) is 0 Å². The number of hydrogen-bond donors (Lipinski definition) is 0. The average Bonchev–Trinajstić information content (AvgIpc) is 2.67. The third kappa shape index (κ3) is 6.65. The van der Waals surface area contributed by atoms with Crippen LogP contribution in [-0.4, -0.2) is 11.9 Å². The highest BCUT2D eigenvalue weighted by Gasteiger charge is 2.26. The predicted molar refractivity (Wildman–Crippen MR) is 111 cm³/mol. The van der Waals surface area contributed by atoms with Gasteiger partial charge in [0.25, 0.3) is 0 Å². The van der Waals surface area contributed by atoms with Crippen molar-refractivity contribution in [2.24, 2.45) is 17.8 Å². The van der Waals surface area contributed by atoms with E-state index in [4.69, 9.17) is 9.47 Å². The Morgan fingerprint density at radius 2 is 1.75 bits per heavy atom. The van der Waals surface area contributed by atoms with Crippen molar-refractivity contribution >= 4 is 11.9 Å². The number of esters is 2. The van der Waals surface area contributed by atoms with Crippen LogP contribution in [0.2, 0.25) is 0 Å². The second-order valence-electron chi connectivity index (χ2n) is 8.35. The van der Waals surface area contributed by atoms with Gasteiger partial charge >= 0.3 is 11.9 Å². The Labute approximate surface area is 170 Å². The SMILES string of the molecule is CCCCC(CCC)C(=O)Oc1ccc(OC(=O)C2CCC(C)CC2)cc1C. The van der Waals surface area contributed by atoms with Crippen molar-refractivity contribution in [2.75, 3.05) is 0 Å². The Bertz CT molecular complexity index is 644. The van der Waals surface area contributed by atoms with Gasteiger partial charge in [0.2, 0.25) is 0 Å². The van der Waals surface area contributed by atoms with E-state index in [0.29, 0.717) is 17.4 Å². The molecular weight excluding hydrogens is 352 g/mol. The maximum atomic E-state index is 12.5. The first-order valence-corrected chi connectivity index (χ1v) is 11.0. The van der Waals surface area contributed by atoms with Crippen LogP contribution < -0.4 is 9.47 Å². The van der Waals surface area contributed by atoms with Gasteiger partial charge in [-0.1, -0.05) is 40.0 Å². The highest BCUT2D eigenvalue weighted by molar-refractivity contribution is 5.76. The number of carbonyl (C=O) groups excluding carboxylic acids is 2. The van der Waals surface area contributed by atoms with Crippen LogP contribution in [-0.2, 0) is 9.59 Å². The standard InChI is InChI=1S/C24H36O4/c1-5-7-9-19(8-6-2)24(26)28-22-15-14-21(16-18(22)4)27-23(25)20-12-10-17(3)11-13-20/h14-17,19-20H,5-13H2,1-4H3. The second-order valence-corrected chi connectivity index (χ2v) is 8.35. The molecule has 1 aromatic carbocycles. The van der Waals surface area contributed by atoms with Gasteiger partial charge in [0.05, 0.1) is 11.8 Å². The fourth-order valence-electron chi connectivity index (χ4n) is 3.87. The number of hydrogen-bond acceptors (Lipinski definition) is 4. The Balaban J connectivity index is 1.95. The lowest BCUT2D eigenvalue weighted by Crippen LogP contribution is -2.25. The number of ether oxygens (including phenoxy) is 2. The van der Waals surface area contributed by atoms with Gasteiger partial charge in [0.1, 0.15) is 11.5 Å². The zero-order chi connectivity index (χ0) is 20.5. The fourth-order valence-corrected chi connectivity index (χ4v) is 3.87. The fraction of sp³-hybridized carbons (Fsp3) is 0.667. The molecule has 0 spiro atoms. The first-order valence-electron chi connectivity index (χ1n) is 11.0. The Morgan fingerprint density at radius 3 is 2.36 bits per heavy atom. The summed E-state index contributed by atoms with van der Waals surface area (Å²) >= 11 is 0. The molecule has 0 heterocycles. The Hall–Kier alpha value is -1.84. The van der Waals surface area contributed by atoms with Crippen LogP contribution in [0.5, 0.6) is 11.5 Å². The number of benzene rings is 1. The minimum Gasteiger partial charge on any atom is -0.426 e. The monoisotopic (exact) mass is 388 g/mol. The van der Waals surface area contributed by atoms with Crippen molar-refractivity contribution in [1.82, 2.24) is 0 Å². The third-order valence-corrected chi connectivity index (χ3v) is 5.80. The summed E-state index contributed by atoms with van der Waals surface area (Å²) in [5.74, 6) is 1.44. The molecule has 0 amide bonds. The van der Waals surface area contributed by atoms with E-state index < -0.39 is 0 Å². The van der Waals surface area contributed by atoms with Gasteiger partial charge in [-0.25, -0.2) is 0 Å². The highest BCUT2D eigenvalue weighted by Crippen LogP contribution is 2.31. The Kier molecular flexibility index (Phi) is 9.01. The van der Waals surface area contributed by atoms with Crippen molar-refractivity contribution in [2.45, 2.75) is 85.5 Å². The number of unbranched alkanes of at least 4 members (excludes halogenated alkanes) is 1. The lowest BCUT2D eigenvalue weighted by molar-refractivity contribution is -0.141. The van der Waals surface area contributed by atoms with Gasteiger partial charge in [-0.05, 0) is 75.1 Å². The summed E-state index contributed by atoms with van der Waals surface area (Å²) in [5, 5.41) is 0. The molecule has 1 aliphatic carbocycles. The zero-order valence-corrected chi connectivity index (χ0v) is 18.0. The maximum Gasteiger partial charge on any atom is 0.314 e. The second kappa shape index (κ2) is 11.2. The summed E-state index contributed by atoms with van der Waals surface area (Å²) in [6, 6.07) is 5.24. The van der Waals surface area contributed by atoms with Crippen LogP contribution in [0.3, 0.4) is 0 Å². The van der Waals surface area contributed by atoms with E-state index in [1.165, 1.54) is 0 Å². The lowest BCUT2D eigenvalue weighted by Gasteiger charge is -2.24. The average molecular weight is 389 g/mol. The first-order chi connectivity index (χ1) is 13.4. The van der Waals surface area contributed by atoms with Crippen molar-refractivity contribution in [3.05, 3.63) is 23.8 Å².